The lowest BCUT2D eigenvalue weighted by molar-refractivity contribution is 0.635. The van der Waals surface area contributed by atoms with E-state index >= 15 is 0 Å². The van der Waals surface area contributed by atoms with Crippen molar-refractivity contribution in [1.29, 1.82) is 0 Å². The van der Waals surface area contributed by atoms with Crippen LogP contribution in [0.4, 0.5) is 5.69 Å². The Bertz CT molecular complexity index is 921. The molecule has 2 aromatic heterocycles. The van der Waals surface area contributed by atoms with Gasteiger partial charge in [0.15, 0.2) is 11.3 Å². The van der Waals surface area contributed by atoms with Crippen LogP contribution in [0.1, 0.15) is 37.0 Å². The number of aryl methyl sites for hydroxylation is 1. The summed E-state index contributed by atoms with van der Waals surface area (Å²) in [6.45, 7) is 6.70. The molecular formula is C18H23N5O. The van der Waals surface area contributed by atoms with Crippen LogP contribution >= 0.6 is 0 Å². The van der Waals surface area contributed by atoms with E-state index in [0.29, 0.717) is 17.9 Å². The van der Waals surface area contributed by atoms with Crippen LogP contribution in [-0.4, -0.2) is 26.2 Å². The molecule has 126 valence electrons. The van der Waals surface area contributed by atoms with Crippen LogP contribution in [0.5, 0.6) is 0 Å². The van der Waals surface area contributed by atoms with Gasteiger partial charge in [0.25, 0.3) is 5.56 Å². The molecule has 24 heavy (non-hydrogen) atoms. The van der Waals surface area contributed by atoms with Crippen molar-refractivity contribution in [2.45, 2.75) is 33.2 Å². The topological polar surface area (TPSA) is 55.4 Å². The Labute approximate surface area is 141 Å². The molecule has 0 fully saturated rings. The predicted molar refractivity (Wildman–Crippen MR) is 95.6 cm³/mol. The van der Waals surface area contributed by atoms with Crippen molar-refractivity contribution in [2.24, 2.45) is 7.05 Å². The average molecular weight is 325 g/mol. The summed E-state index contributed by atoms with van der Waals surface area (Å²) in [7, 11) is 3.76. The summed E-state index contributed by atoms with van der Waals surface area (Å²) >= 11 is 0. The second kappa shape index (κ2) is 6.11. The highest BCUT2D eigenvalue weighted by Crippen LogP contribution is 2.16. The smallest absolute Gasteiger partial charge is 0.279 e. The molecule has 0 aliphatic rings. The number of imidazole rings is 1. The van der Waals surface area contributed by atoms with Crippen LogP contribution in [0, 0.1) is 6.92 Å². The van der Waals surface area contributed by atoms with Gasteiger partial charge in [-0.3, -0.25) is 9.36 Å². The molecule has 3 aromatic rings. The molecule has 6 nitrogen and oxygen atoms in total. The first-order valence-electron chi connectivity index (χ1n) is 8.10. The van der Waals surface area contributed by atoms with Crippen molar-refractivity contribution >= 4 is 11.2 Å². The molecule has 0 saturated carbocycles. The Balaban J connectivity index is 2.02. The maximum atomic E-state index is 12.6. The number of hydrogen-bond acceptors (Lipinski definition) is 4. The van der Waals surface area contributed by atoms with Gasteiger partial charge in [-0.2, -0.15) is 5.10 Å². The predicted octanol–water partition coefficient (Wildman–Crippen LogP) is 2.50. The molecule has 0 unspecified atom stereocenters. The van der Waals surface area contributed by atoms with Crippen molar-refractivity contribution in [3.63, 3.8) is 0 Å². The maximum Gasteiger partial charge on any atom is 0.279 e. The number of fused-ring (bicyclic) bond motifs is 1. The van der Waals surface area contributed by atoms with Gasteiger partial charge >= 0.3 is 0 Å². The van der Waals surface area contributed by atoms with Gasteiger partial charge in [-0.05, 0) is 19.1 Å². The molecule has 6 heteroatoms. The summed E-state index contributed by atoms with van der Waals surface area (Å²) < 4.78 is 3.29. The summed E-state index contributed by atoms with van der Waals surface area (Å²) in [5.41, 5.74) is 2.75. The Morgan fingerprint density at radius 1 is 1.21 bits per heavy atom. The van der Waals surface area contributed by atoms with Gasteiger partial charge in [-0.1, -0.05) is 31.5 Å². The summed E-state index contributed by atoms with van der Waals surface area (Å²) in [5, 5.41) is 4.68. The molecule has 0 aliphatic heterocycles. The first-order valence-corrected chi connectivity index (χ1v) is 8.10. The molecular weight excluding hydrogens is 302 g/mol. The lowest BCUT2D eigenvalue weighted by Gasteiger charge is -2.20. The van der Waals surface area contributed by atoms with E-state index in [1.165, 1.54) is 5.56 Å². The second-order valence-electron chi connectivity index (χ2n) is 6.54. The number of anilines is 1. The third-order valence-corrected chi connectivity index (χ3v) is 4.26. The fourth-order valence-corrected chi connectivity index (χ4v) is 2.72. The Morgan fingerprint density at radius 2 is 1.88 bits per heavy atom. The molecule has 0 N–H and O–H groups in total. The minimum Gasteiger partial charge on any atom is -0.367 e. The maximum absolute atomic E-state index is 12.6. The lowest BCUT2D eigenvalue weighted by Crippen LogP contribution is -2.29. The van der Waals surface area contributed by atoms with E-state index in [-0.39, 0.29) is 11.5 Å². The van der Waals surface area contributed by atoms with Gasteiger partial charge in [-0.15, -0.1) is 0 Å². The molecule has 1 aromatic carbocycles. The Kier molecular flexibility index (Phi) is 4.13. The fourth-order valence-electron chi connectivity index (χ4n) is 2.72. The molecule has 0 saturated heterocycles. The molecule has 3 rings (SSSR count). The van der Waals surface area contributed by atoms with Gasteiger partial charge in [-0.25, -0.2) is 9.50 Å². The summed E-state index contributed by atoms with van der Waals surface area (Å²) in [6, 6.07) is 8.30. The Hall–Kier alpha value is -2.63. The minimum atomic E-state index is -0.0725. The molecule has 2 heterocycles. The quantitative estimate of drug-likeness (QED) is 0.739. The minimum absolute atomic E-state index is 0.0725. The lowest BCUT2D eigenvalue weighted by atomic mass is 10.2. The Morgan fingerprint density at radius 3 is 2.50 bits per heavy atom. The van der Waals surface area contributed by atoms with Crippen LogP contribution < -0.4 is 10.5 Å². The van der Waals surface area contributed by atoms with Gasteiger partial charge in [0.1, 0.15) is 5.82 Å². The van der Waals surface area contributed by atoms with Crippen molar-refractivity contribution in [1.82, 2.24) is 19.2 Å². The summed E-state index contributed by atoms with van der Waals surface area (Å²) in [6.07, 6.45) is 1.61. The fraction of sp³-hybridized carbons (Fsp3) is 0.389. The first kappa shape index (κ1) is 16.2. The average Bonchev–Trinajstić information content (AvgIpc) is 2.97. The van der Waals surface area contributed by atoms with Crippen molar-refractivity contribution < 1.29 is 0 Å². The van der Waals surface area contributed by atoms with E-state index in [9.17, 15) is 4.79 Å². The third-order valence-electron chi connectivity index (χ3n) is 4.26. The molecule has 0 spiro atoms. The van der Waals surface area contributed by atoms with Crippen LogP contribution in [0.2, 0.25) is 0 Å². The van der Waals surface area contributed by atoms with E-state index in [2.05, 4.69) is 46.2 Å². The van der Waals surface area contributed by atoms with Crippen molar-refractivity contribution in [3.8, 4) is 0 Å². The standard InChI is InChI=1S/C18H23N5O/c1-12(2)17-19-10-15-18(24)22(5)16(20-23(15)17)11-21(4)14-8-6-13(3)7-9-14/h6-10,12H,11H2,1-5H3. The second-order valence-corrected chi connectivity index (χ2v) is 6.54. The van der Waals surface area contributed by atoms with Crippen LogP contribution in [0.25, 0.3) is 5.52 Å². The van der Waals surface area contributed by atoms with Crippen molar-refractivity contribution in [3.05, 3.63) is 58.0 Å². The van der Waals surface area contributed by atoms with E-state index in [4.69, 9.17) is 0 Å². The number of hydrogen-bond donors (Lipinski definition) is 0. The van der Waals surface area contributed by atoms with E-state index in [1.807, 2.05) is 20.9 Å². The SMILES string of the molecule is Cc1ccc(N(C)Cc2nn3c(C(C)C)ncc3c(=O)n2C)cc1. The van der Waals surface area contributed by atoms with E-state index < -0.39 is 0 Å². The molecule has 0 aliphatic carbocycles. The largest absolute Gasteiger partial charge is 0.367 e. The number of aromatic nitrogens is 4. The molecule has 0 atom stereocenters. The van der Waals surface area contributed by atoms with Gasteiger partial charge in [0.05, 0.1) is 12.7 Å². The molecule has 0 bridgehead atoms. The van der Waals surface area contributed by atoms with Crippen LogP contribution in [0.15, 0.2) is 35.3 Å². The zero-order valence-electron chi connectivity index (χ0n) is 14.8. The zero-order valence-corrected chi connectivity index (χ0v) is 14.8. The summed E-state index contributed by atoms with van der Waals surface area (Å²) in [5.74, 6) is 1.71. The summed E-state index contributed by atoms with van der Waals surface area (Å²) in [4.78, 5) is 19.0. The number of nitrogens with zero attached hydrogens (tertiary/aromatic N) is 5. The van der Waals surface area contributed by atoms with Crippen LogP contribution in [0.3, 0.4) is 0 Å². The van der Waals surface area contributed by atoms with Crippen molar-refractivity contribution in [2.75, 3.05) is 11.9 Å². The molecule has 0 radical (unpaired) electrons. The highest BCUT2D eigenvalue weighted by molar-refractivity contribution is 5.47. The highest BCUT2D eigenvalue weighted by Gasteiger charge is 2.16. The third kappa shape index (κ3) is 2.79. The van der Waals surface area contributed by atoms with Gasteiger partial charge in [0.2, 0.25) is 0 Å². The van der Waals surface area contributed by atoms with E-state index in [0.717, 1.165) is 11.5 Å². The van der Waals surface area contributed by atoms with Crippen LogP contribution in [-0.2, 0) is 13.6 Å². The number of benzene rings is 1. The van der Waals surface area contributed by atoms with Gasteiger partial charge < -0.3 is 4.90 Å². The normalized spacial score (nSPS) is 11.4. The number of rotatable bonds is 4. The highest BCUT2D eigenvalue weighted by atomic mass is 16.1. The first-order chi connectivity index (χ1) is 11.4. The molecule has 0 amide bonds. The zero-order chi connectivity index (χ0) is 17.4. The van der Waals surface area contributed by atoms with Gasteiger partial charge in [0, 0.05) is 25.7 Å². The monoisotopic (exact) mass is 325 g/mol. The van der Waals surface area contributed by atoms with E-state index in [1.54, 1.807) is 22.3 Å².